The third-order valence-corrected chi connectivity index (χ3v) is 4.25. The molecule has 3 heteroatoms. The zero-order valence-electron chi connectivity index (χ0n) is 10.4. The number of aryl methyl sites for hydroxylation is 1. The molecule has 0 aliphatic carbocycles. The van der Waals surface area contributed by atoms with Crippen molar-refractivity contribution in [3.63, 3.8) is 0 Å². The van der Waals surface area contributed by atoms with E-state index in [9.17, 15) is 0 Å². The smallest absolute Gasteiger partial charge is 0.0575 e. The second-order valence-electron chi connectivity index (χ2n) is 5.00. The molecule has 2 nitrogen and oxygen atoms in total. The third-order valence-electron chi connectivity index (χ3n) is 3.52. The summed E-state index contributed by atoms with van der Waals surface area (Å²) < 4.78 is 5.72. The Morgan fingerprint density at radius 2 is 2.35 bits per heavy atom. The van der Waals surface area contributed by atoms with Crippen molar-refractivity contribution in [3.8, 4) is 0 Å². The van der Waals surface area contributed by atoms with E-state index in [-0.39, 0.29) is 0 Å². The summed E-state index contributed by atoms with van der Waals surface area (Å²) in [4.78, 5) is 0. The number of rotatable bonds is 6. The first kappa shape index (κ1) is 13.1. The van der Waals surface area contributed by atoms with Gasteiger partial charge in [0.2, 0.25) is 0 Å². The average molecular weight is 253 g/mol. The van der Waals surface area contributed by atoms with E-state index in [1.807, 2.05) is 0 Å². The normalized spacial score (nSPS) is 22.5. The van der Waals surface area contributed by atoms with Crippen LogP contribution in [0.1, 0.15) is 44.1 Å². The molecule has 1 fully saturated rings. The molecule has 1 aliphatic heterocycles. The van der Waals surface area contributed by atoms with E-state index in [4.69, 9.17) is 10.5 Å². The predicted molar refractivity (Wildman–Crippen MR) is 73.4 cm³/mol. The predicted octanol–water partition coefficient (Wildman–Crippen LogP) is 3.36. The van der Waals surface area contributed by atoms with Gasteiger partial charge in [0.05, 0.1) is 6.10 Å². The van der Waals surface area contributed by atoms with Gasteiger partial charge >= 0.3 is 0 Å². The molecule has 2 N–H and O–H groups in total. The molecule has 0 spiro atoms. The highest BCUT2D eigenvalue weighted by Crippen LogP contribution is 2.18. The van der Waals surface area contributed by atoms with Crippen molar-refractivity contribution in [3.05, 3.63) is 22.4 Å². The third kappa shape index (κ3) is 4.78. The van der Waals surface area contributed by atoms with E-state index >= 15 is 0 Å². The molecule has 0 saturated carbocycles. The molecule has 2 unspecified atom stereocenters. The van der Waals surface area contributed by atoms with E-state index in [2.05, 4.69) is 16.8 Å². The minimum atomic E-state index is 0.334. The molecule has 2 atom stereocenters. The van der Waals surface area contributed by atoms with Crippen LogP contribution in [0.25, 0.3) is 0 Å². The molecule has 0 aromatic carbocycles. The van der Waals surface area contributed by atoms with Crippen LogP contribution < -0.4 is 5.73 Å². The summed E-state index contributed by atoms with van der Waals surface area (Å²) >= 11 is 1.77. The Labute approximate surface area is 108 Å². The van der Waals surface area contributed by atoms with Gasteiger partial charge in [-0.25, -0.2) is 0 Å². The van der Waals surface area contributed by atoms with Crippen LogP contribution in [-0.2, 0) is 11.2 Å². The lowest BCUT2D eigenvalue weighted by molar-refractivity contribution is 0.00905. The second-order valence-corrected chi connectivity index (χ2v) is 5.78. The Morgan fingerprint density at radius 3 is 3.06 bits per heavy atom. The minimum Gasteiger partial charge on any atom is -0.378 e. The lowest BCUT2D eigenvalue weighted by atomic mass is 9.99. The molecule has 2 heterocycles. The number of ether oxygens (including phenoxy) is 1. The second kappa shape index (κ2) is 7.14. The first-order valence-corrected chi connectivity index (χ1v) is 7.67. The highest BCUT2D eigenvalue weighted by molar-refractivity contribution is 7.07. The van der Waals surface area contributed by atoms with Gasteiger partial charge in [-0.3, -0.25) is 0 Å². The van der Waals surface area contributed by atoms with Crippen LogP contribution in [0.15, 0.2) is 16.8 Å². The summed E-state index contributed by atoms with van der Waals surface area (Å²) in [5, 5.41) is 4.35. The van der Waals surface area contributed by atoms with Gasteiger partial charge in [-0.2, -0.15) is 11.3 Å². The number of nitrogens with two attached hydrogens (primary N) is 1. The van der Waals surface area contributed by atoms with Crippen molar-refractivity contribution in [2.75, 3.05) is 6.61 Å². The number of hydrogen-bond acceptors (Lipinski definition) is 3. The van der Waals surface area contributed by atoms with Crippen LogP contribution in [0, 0.1) is 0 Å². The average Bonchev–Trinajstić information content (AvgIpc) is 2.88. The molecule has 1 aromatic heterocycles. The summed E-state index contributed by atoms with van der Waals surface area (Å²) in [6.45, 7) is 0.953. The quantitative estimate of drug-likeness (QED) is 0.843. The fourth-order valence-corrected chi connectivity index (χ4v) is 3.07. The van der Waals surface area contributed by atoms with E-state index in [1.54, 1.807) is 11.3 Å². The molecule has 1 aromatic rings. The summed E-state index contributed by atoms with van der Waals surface area (Å²) in [6.07, 6.45) is 8.75. The van der Waals surface area contributed by atoms with Crippen LogP contribution in [0.4, 0.5) is 0 Å². The summed E-state index contributed by atoms with van der Waals surface area (Å²) in [7, 11) is 0. The highest BCUT2D eigenvalue weighted by atomic mass is 32.1. The largest absolute Gasteiger partial charge is 0.378 e. The molecule has 0 amide bonds. The Morgan fingerprint density at radius 1 is 1.41 bits per heavy atom. The van der Waals surface area contributed by atoms with Gasteiger partial charge in [-0.1, -0.05) is 0 Å². The van der Waals surface area contributed by atoms with Crippen molar-refractivity contribution in [1.82, 2.24) is 0 Å². The molecular formula is C14H23NOS. The van der Waals surface area contributed by atoms with Crippen LogP contribution in [-0.4, -0.2) is 18.8 Å². The van der Waals surface area contributed by atoms with Gasteiger partial charge in [0.15, 0.2) is 0 Å². The van der Waals surface area contributed by atoms with Gasteiger partial charge in [0.25, 0.3) is 0 Å². The van der Waals surface area contributed by atoms with E-state index < -0.39 is 0 Å². The van der Waals surface area contributed by atoms with Crippen molar-refractivity contribution in [1.29, 1.82) is 0 Å². The van der Waals surface area contributed by atoms with Gasteiger partial charge in [0, 0.05) is 12.6 Å². The topological polar surface area (TPSA) is 35.2 Å². The zero-order valence-corrected chi connectivity index (χ0v) is 11.3. The minimum absolute atomic E-state index is 0.334. The maximum atomic E-state index is 6.16. The van der Waals surface area contributed by atoms with Crippen molar-refractivity contribution >= 4 is 11.3 Å². The van der Waals surface area contributed by atoms with E-state index in [1.165, 1.54) is 24.8 Å². The van der Waals surface area contributed by atoms with Gasteiger partial charge < -0.3 is 10.5 Å². The standard InChI is InChI=1S/C14H23NOS/c15-13(5-4-12-8-10-17-11-12)6-7-14-3-1-2-9-16-14/h8,10-11,13-14H,1-7,9,15H2. The maximum absolute atomic E-state index is 6.16. The monoisotopic (exact) mass is 253 g/mol. The van der Waals surface area contributed by atoms with Gasteiger partial charge in [-0.05, 0) is 67.3 Å². The Bertz CT molecular complexity index is 293. The molecule has 17 heavy (non-hydrogen) atoms. The molecule has 1 aliphatic rings. The molecule has 0 bridgehead atoms. The number of thiophene rings is 1. The number of hydrogen-bond donors (Lipinski definition) is 1. The lowest BCUT2D eigenvalue weighted by Crippen LogP contribution is -2.25. The SMILES string of the molecule is NC(CCc1ccsc1)CCC1CCCCO1. The van der Waals surface area contributed by atoms with Gasteiger partial charge in [0.1, 0.15) is 0 Å². The van der Waals surface area contributed by atoms with Crippen LogP contribution in [0.5, 0.6) is 0 Å². The van der Waals surface area contributed by atoms with Gasteiger partial charge in [-0.15, -0.1) is 0 Å². The summed E-state index contributed by atoms with van der Waals surface area (Å²) in [5.41, 5.74) is 7.59. The molecule has 2 rings (SSSR count). The summed E-state index contributed by atoms with van der Waals surface area (Å²) in [6, 6.07) is 2.53. The Kier molecular flexibility index (Phi) is 5.49. The first-order chi connectivity index (χ1) is 8.34. The fourth-order valence-electron chi connectivity index (χ4n) is 2.37. The van der Waals surface area contributed by atoms with Crippen molar-refractivity contribution in [2.24, 2.45) is 5.73 Å². The van der Waals surface area contributed by atoms with Crippen LogP contribution in [0.2, 0.25) is 0 Å². The van der Waals surface area contributed by atoms with E-state index in [0.717, 1.165) is 32.3 Å². The maximum Gasteiger partial charge on any atom is 0.0575 e. The zero-order chi connectivity index (χ0) is 11.9. The molecule has 96 valence electrons. The molecule has 0 radical (unpaired) electrons. The molecular weight excluding hydrogens is 230 g/mol. The van der Waals surface area contributed by atoms with Crippen molar-refractivity contribution in [2.45, 2.75) is 57.1 Å². The molecule has 1 saturated heterocycles. The van der Waals surface area contributed by atoms with Crippen LogP contribution in [0.3, 0.4) is 0 Å². The Balaban J connectivity index is 1.58. The van der Waals surface area contributed by atoms with Crippen LogP contribution >= 0.6 is 11.3 Å². The lowest BCUT2D eigenvalue weighted by Gasteiger charge is -2.23. The summed E-state index contributed by atoms with van der Waals surface area (Å²) in [5.74, 6) is 0. The highest BCUT2D eigenvalue weighted by Gasteiger charge is 2.15. The first-order valence-electron chi connectivity index (χ1n) is 6.73. The Hall–Kier alpha value is -0.380. The van der Waals surface area contributed by atoms with Crippen molar-refractivity contribution < 1.29 is 4.74 Å². The fraction of sp³-hybridized carbons (Fsp3) is 0.714. The van der Waals surface area contributed by atoms with E-state index in [0.29, 0.717) is 12.1 Å².